The first-order chi connectivity index (χ1) is 16.1. The van der Waals surface area contributed by atoms with Gasteiger partial charge in [-0.1, -0.05) is 22.9 Å². The van der Waals surface area contributed by atoms with Crippen molar-refractivity contribution in [1.29, 1.82) is 0 Å². The van der Waals surface area contributed by atoms with E-state index in [9.17, 15) is 21.6 Å². The molecule has 0 spiro atoms. The Bertz CT molecular complexity index is 1390. The van der Waals surface area contributed by atoms with Gasteiger partial charge in [0.25, 0.3) is 5.91 Å². The molecule has 0 atom stereocenters. The Kier molecular flexibility index (Phi) is 6.99. The minimum atomic E-state index is -3.92. The van der Waals surface area contributed by atoms with Gasteiger partial charge in [0.15, 0.2) is 5.76 Å². The number of hydrogen-bond donors (Lipinski definition) is 1. The van der Waals surface area contributed by atoms with Crippen LogP contribution in [-0.2, 0) is 19.9 Å². The lowest BCUT2D eigenvalue weighted by Gasteiger charge is -2.29. The van der Waals surface area contributed by atoms with Gasteiger partial charge in [-0.2, -0.15) is 4.31 Å². The number of anilines is 1. The molecule has 0 saturated carbocycles. The number of furan rings is 1. The van der Waals surface area contributed by atoms with Gasteiger partial charge in [-0.25, -0.2) is 16.8 Å². The van der Waals surface area contributed by atoms with Crippen molar-refractivity contribution in [2.24, 2.45) is 5.92 Å². The van der Waals surface area contributed by atoms with E-state index >= 15 is 0 Å². The Hall–Kier alpha value is -2.47. The number of nitrogens with one attached hydrogen (secondary N) is 1. The van der Waals surface area contributed by atoms with Crippen LogP contribution >= 0.6 is 15.9 Å². The summed E-state index contributed by atoms with van der Waals surface area (Å²) in [7, 11) is -7.51. The molecule has 0 bridgehead atoms. The molecule has 1 fully saturated rings. The number of carbonyl (C=O) groups excluding carboxylic acids is 1. The van der Waals surface area contributed by atoms with Crippen molar-refractivity contribution in [2.45, 2.75) is 34.6 Å². The number of halogens is 1. The highest BCUT2D eigenvalue weighted by Gasteiger charge is 2.28. The van der Waals surface area contributed by atoms with E-state index < -0.39 is 25.8 Å². The largest absolute Gasteiger partial charge is 0.439 e. The molecule has 1 aliphatic rings. The van der Waals surface area contributed by atoms with Gasteiger partial charge < -0.3 is 9.73 Å². The molecule has 1 amide bonds. The van der Waals surface area contributed by atoms with E-state index in [1.54, 1.807) is 12.1 Å². The zero-order valence-corrected chi connectivity index (χ0v) is 21.5. The molecule has 1 saturated heterocycles. The highest BCUT2D eigenvalue weighted by molar-refractivity contribution is 9.10. The number of benzene rings is 2. The molecule has 3 aromatic rings. The number of hydrogen-bond acceptors (Lipinski definition) is 6. The van der Waals surface area contributed by atoms with E-state index in [2.05, 4.69) is 28.2 Å². The summed E-state index contributed by atoms with van der Waals surface area (Å²) in [5.74, 6) is -0.330. The van der Waals surface area contributed by atoms with Crippen molar-refractivity contribution < 1.29 is 26.0 Å². The molecular weight excluding hydrogens is 544 g/mol. The summed E-state index contributed by atoms with van der Waals surface area (Å²) >= 11 is 3.25. The number of carbonyl (C=O) groups is 1. The van der Waals surface area contributed by atoms with Crippen molar-refractivity contribution in [1.82, 2.24) is 4.31 Å². The normalized spacial score (nSPS) is 15.8. The maximum Gasteiger partial charge on any atom is 0.291 e. The van der Waals surface area contributed by atoms with Gasteiger partial charge in [0.05, 0.1) is 9.79 Å². The smallest absolute Gasteiger partial charge is 0.291 e. The van der Waals surface area contributed by atoms with Crippen molar-refractivity contribution in [3.8, 4) is 0 Å². The van der Waals surface area contributed by atoms with Crippen LogP contribution in [0.25, 0.3) is 0 Å². The van der Waals surface area contributed by atoms with Crippen LogP contribution in [0, 0.1) is 5.92 Å². The summed E-state index contributed by atoms with van der Waals surface area (Å²) in [6.07, 6.45) is 1.66. The topological polar surface area (TPSA) is 114 Å². The Morgan fingerprint density at radius 2 is 1.50 bits per heavy atom. The molecule has 0 radical (unpaired) electrons. The average Bonchev–Trinajstić information content (AvgIpc) is 3.32. The van der Waals surface area contributed by atoms with Crippen LogP contribution in [0.5, 0.6) is 0 Å². The van der Waals surface area contributed by atoms with Crippen LogP contribution in [0.2, 0.25) is 0 Å². The lowest BCUT2D eigenvalue weighted by molar-refractivity contribution is 0.0991. The first-order valence-electron chi connectivity index (χ1n) is 10.6. The summed E-state index contributed by atoms with van der Waals surface area (Å²) in [5, 5.41) is 2.24. The highest BCUT2D eigenvalue weighted by Crippen LogP contribution is 2.26. The highest BCUT2D eigenvalue weighted by atomic mass is 79.9. The fraction of sp³-hybridized carbons (Fsp3) is 0.261. The van der Waals surface area contributed by atoms with Gasteiger partial charge in [0, 0.05) is 23.2 Å². The van der Waals surface area contributed by atoms with Gasteiger partial charge in [-0.05, 0) is 79.4 Å². The summed E-state index contributed by atoms with van der Waals surface area (Å²) in [6.45, 7) is 3.09. The maximum absolute atomic E-state index is 12.8. The standard InChI is InChI=1S/C23H23BrN2O6S2/c1-16-12-14-26(15-13-16)34(30,31)20-8-4-18(5-9-20)25-23(27)21-10-11-22(32-21)33(28,29)19-6-2-17(24)3-7-19/h2-11,16H,12-15H2,1H3,(H,25,27). The predicted molar refractivity (Wildman–Crippen MR) is 130 cm³/mol. The number of rotatable bonds is 6. The molecule has 1 aromatic heterocycles. The van der Waals surface area contributed by atoms with Gasteiger partial charge in [0.2, 0.25) is 25.0 Å². The summed E-state index contributed by atoms with van der Waals surface area (Å²) in [6, 6.07) is 14.4. The van der Waals surface area contributed by atoms with E-state index in [4.69, 9.17) is 4.42 Å². The number of amides is 1. The molecule has 1 N–H and O–H groups in total. The van der Waals surface area contributed by atoms with Crippen LogP contribution < -0.4 is 5.32 Å². The molecule has 180 valence electrons. The molecule has 0 unspecified atom stereocenters. The number of nitrogens with zero attached hydrogens (tertiary/aromatic N) is 1. The molecule has 0 aliphatic carbocycles. The molecule has 11 heteroatoms. The predicted octanol–water partition coefficient (Wildman–Crippen LogP) is 4.55. The monoisotopic (exact) mass is 566 g/mol. The first kappa shape index (κ1) is 24.6. The Balaban J connectivity index is 1.45. The first-order valence-corrected chi connectivity index (χ1v) is 14.3. The zero-order chi connectivity index (χ0) is 24.5. The number of sulfone groups is 1. The Morgan fingerprint density at radius 1 is 0.912 bits per heavy atom. The van der Waals surface area contributed by atoms with E-state index in [1.165, 1.54) is 52.8 Å². The second-order valence-corrected chi connectivity index (χ2v) is 12.9. The molecule has 34 heavy (non-hydrogen) atoms. The minimum Gasteiger partial charge on any atom is -0.439 e. The van der Waals surface area contributed by atoms with Crippen LogP contribution in [0.4, 0.5) is 5.69 Å². The molecule has 2 heterocycles. The molecule has 1 aliphatic heterocycles. The molecule has 4 rings (SSSR count). The van der Waals surface area contributed by atoms with Gasteiger partial charge in [-0.15, -0.1) is 0 Å². The summed E-state index contributed by atoms with van der Waals surface area (Å²) in [5.41, 5.74) is 0.352. The Morgan fingerprint density at radius 3 is 2.12 bits per heavy atom. The lowest BCUT2D eigenvalue weighted by atomic mass is 10.0. The third-order valence-electron chi connectivity index (χ3n) is 5.69. The third-order valence-corrected chi connectivity index (χ3v) is 9.77. The number of piperidine rings is 1. The summed E-state index contributed by atoms with van der Waals surface area (Å²) < 4.78 is 58.7. The van der Waals surface area contributed by atoms with Crippen LogP contribution in [0.3, 0.4) is 0 Å². The van der Waals surface area contributed by atoms with Crippen LogP contribution in [0.1, 0.15) is 30.3 Å². The summed E-state index contributed by atoms with van der Waals surface area (Å²) in [4.78, 5) is 12.8. The molecule has 2 aromatic carbocycles. The van der Waals surface area contributed by atoms with E-state index in [0.29, 0.717) is 24.7 Å². The lowest BCUT2D eigenvalue weighted by Crippen LogP contribution is -2.37. The minimum absolute atomic E-state index is 0.0389. The van der Waals surface area contributed by atoms with E-state index in [-0.39, 0.29) is 20.6 Å². The van der Waals surface area contributed by atoms with E-state index in [0.717, 1.165) is 17.3 Å². The van der Waals surface area contributed by atoms with E-state index in [1.807, 2.05) is 0 Å². The average molecular weight is 567 g/mol. The number of sulfonamides is 1. The molecular formula is C23H23BrN2O6S2. The van der Waals surface area contributed by atoms with Crippen molar-refractivity contribution >= 4 is 47.4 Å². The zero-order valence-electron chi connectivity index (χ0n) is 18.3. The fourth-order valence-corrected chi connectivity index (χ4v) is 6.50. The second-order valence-electron chi connectivity index (χ2n) is 8.14. The fourth-order valence-electron chi connectivity index (χ4n) is 3.59. The van der Waals surface area contributed by atoms with Gasteiger partial charge >= 0.3 is 0 Å². The van der Waals surface area contributed by atoms with Crippen LogP contribution in [0.15, 0.2) is 84.4 Å². The van der Waals surface area contributed by atoms with Crippen LogP contribution in [-0.4, -0.2) is 40.1 Å². The van der Waals surface area contributed by atoms with Crippen molar-refractivity contribution in [3.05, 3.63) is 70.9 Å². The van der Waals surface area contributed by atoms with Gasteiger partial charge in [-0.3, -0.25) is 4.79 Å². The van der Waals surface area contributed by atoms with Crippen molar-refractivity contribution in [3.63, 3.8) is 0 Å². The van der Waals surface area contributed by atoms with Gasteiger partial charge in [0.1, 0.15) is 0 Å². The SMILES string of the molecule is CC1CCN(S(=O)(=O)c2ccc(NC(=O)c3ccc(S(=O)(=O)c4ccc(Br)cc4)o3)cc2)CC1. The Labute approximate surface area is 207 Å². The molecule has 8 nitrogen and oxygen atoms in total. The maximum atomic E-state index is 12.8. The second kappa shape index (κ2) is 9.65. The third kappa shape index (κ3) is 5.12. The quantitative estimate of drug-likeness (QED) is 0.468. The van der Waals surface area contributed by atoms with Crippen molar-refractivity contribution in [2.75, 3.05) is 18.4 Å².